The van der Waals surface area contributed by atoms with Gasteiger partial charge in [0.2, 0.25) is 0 Å². The van der Waals surface area contributed by atoms with Crippen molar-refractivity contribution in [2.24, 2.45) is 0 Å². The predicted molar refractivity (Wildman–Crippen MR) is 75.7 cm³/mol. The minimum Gasteiger partial charge on any atom is -0.383 e. The Bertz CT molecular complexity index is 555. The van der Waals surface area contributed by atoms with Crippen molar-refractivity contribution in [3.63, 3.8) is 0 Å². The lowest BCUT2D eigenvalue weighted by Crippen LogP contribution is -2.19. The van der Waals surface area contributed by atoms with E-state index in [-0.39, 0.29) is 5.82 Å². The number of nitrogens with zero attached hydrogens (tertiary/aromatic N) is 2. The van der Waals surface area contributed by atoms with Crippen LogP contribution in [0.5, 0.6) is 0 Å². The lowest BCUT2D eigenvalue weighted by Gasteiger charge is -2.06. The summed E-state index contributed by atoms with van der Waals surface area (Å²) < 4.78 is 18.4. The van der Waals surface area contributed by atoms with E-state index in [4.69, 9.17) is 4.74 Å². The van der Waals surface area contributed by atoms with Gasteiger partial charge in [-0.15, -0.1) is 0 Å². The minimum atomic E-state index is -0.271. The van der Waals surface area contributed by atoms with E-state index in [0.717, 1.165) is 17.8 Å². The van der Waals surface area contributed by atoms with Crippen molar-refractivity contribution in [1.82, 2.24) is 15.3 Å². The molecule has 0 spiro atoms. The molecule has 0 aliphatic carbocycles. The Morgan fingerprint density at radius 2 is 2.15 bits per heavy atom. The molecule has 0 saturated heterocycles. The number of halogens is 1. The summed E-state index contributed by atoms with van der Waals surface area (Å²) in [7, 11) is 1.66. The maximum atomic E-state index is 13.4. The van der Waals surface area contributed by atoms with E-state index in [0.29, 0.717) is 24.5 Å². The van der Waals surface area contributed by atoms with Crippen LogP contribution in [0.4, 0.5) is 4.39 Å². The SMILES string of the molecule is COCCNCc1ccnc(-c2cc(C)cc(F)c2)n1. The second kappa shape index (κ2) is 7.07. The lowest BCUT2D eigenvalue weighted by molar-refractivity contribution is 0.199. The molecular weight excluding hydrogens is 257 g/mol. The van der Waals surface area contributed by atoms with Crippen molar-refractivity contribution in [3.05, 3.63) is 47.5 Å². The summed E-state index contributed by atoms with van der Waals surface area (Å²) in [5.41, 5.74) is 2.42. The molecule has 0 unspecified atom stereocenters. The van der Waals surface area contributed by atoms with Crippen LogP contribution in [-0.4, -0.2) is 30.2 Å². The molecule has 20 heavy (non-hydrogen) atoms. The second-order valence-corrected chi connectivity index (χ2v) is 4.56. The summed E-state index contributed by atoms with van der Waals surface area (Å²) in [6, 6.07) is 6.65. The third-order valence-electron chi connectivity index (χ3n) is 2.80. The molecule has 2 rings (SSSR count). The Morgan fingerprint density at radius 3 is 2.90 bits per heavy atom. The first kappa shape index (κ1) is 14.6. The number of aryl methyl sites for hydroxylation is 1. The van der Waals surface area contributed by atoms with Gasteiger partial charge in [-0.05, 0) is 36.8 Å². The molecule has 0 aliphatic heterocycles. The quantitative estimate of drug-likeness (QED) is 0.822. The van der Waals surface area contributed by atoms with Crippen LogP contribution >= 0.6 is 0 Å². The number of ether oxygens (including phenoxy) is 1. The van der Waals surface area contributed by atoms with Crippen LogP contribution in [0.25, 0.3) is 11.4 Å². The third kappa shape index (κ3) is 4.08. The summed E-state index contributed by atoms with van der Waals surface area (Å²) in [4.78, 5) is 8.65. The molecule has 1 aromatic heterocycles. The van der Waals surface area contributed by atoms with E-state index < -0.39 is 0 Å². The lowest BCUT2D eigenvalue weighted by atomic mass is 10.1. The average molecular weight is 275 g/mol. The van der Waals surface area contributed by atoms with Gasteiger partial charge in [-0.1, -0.05) is 0 Å². The fourth-order valence-electron chi connectivity index (χ4n) is 1.89. The van der Waals surface area contributed by atoms with Crippen LogP contribution in [0, 0.1) is 12.7 Å². The van der Waals surface area contributed by atoms with E-state index in [1.807, 2.05) is 19.1 Å². The molecule has 0 amide bonds. The molecule has 0 fully saturated rings. The minimum absolute atomic E-state index is 0.271. The fourth-order valence-corrected chi connectivity index (χ4v) is 1.89. The van der Waals surface area contributed by atoms with Crippen LogP contribution < -0.4 is 5.32 Å². The zero-order valence-corrected chi connectivity index (χ0v) is 11.7. The van der Waals surface area contributed by atoms with E-state index in [2.05, 4.69) is 15.3 Å². The van der Waals surface area contributed by atoms with Crippen molar-refractivity contribution in [2.45, 2.75) is 13.5 Å². The van der Waals surface area contributed by atoms with Crippen LogP contribution in [0.2, 0.25) is 0 Å². The van der Waals surface area contributed by atoms with Crippen molar-refractivity contribution in [1.29, 1.82) is 0 Å². The average Bonchev–Trinajstić information content (AvgIpc) is 2.43. The maximum Gasteiger partial charge on any atom is 0.159 e. The molecular formula is C15H18FN3O. The number of methoxy groups -OCH3 is 1. The molecule has 1 heterocycles. The van der Waals surface area contributed by atoms with Crippen LogP contribution in [0.3, 0.4) is 0 Å². The van der Waals surface area contributed by atoms with Gasteiger partial charge >= 0.3 is 0 Å². The zero-order chi connectivity index (χ0) is 14.4. The summed E-state index contributed by atoms with van der Waals surface area (Å²) >= 11 is 0. The number of hydrogen-bond acceptors (Lipinski definition) is 4. The van der Waals surface area contributed by atoms with E-state index in [9.17, 15) is 4.39 Å². The highest BCUT2D eigenvalue weighted by molar-refractivity contribution is 5.56. The van der Waals surface area contributed by atoms with Gasteiger partial charge in [0, 0.05) is 32.0 Å². The summed E-state index contributed by atoms with van der Waals surface area (Å²) in [6.07, 6.45) is 1.69. The largest absolute Gasteiger partial charge is 0.383 e. The van der Waals surface area contributed by atoms with Gasteiger partial charge in [0.05, 0.1) is 12.3 Å². The fraction of sp³-hybridized carbons (Fsp3) is 0.333. The molecule has 0 atom stereocenters. The highest BCUT2D eigenvalue weighted by atomic mass is 19.1. The monoisotopic (exact) mass is 275 g/mol. The van der Waals surface area contributed by atoms with Crippen molar-refractivity contribution in [2.75, 3.05) is 20.3 Å². The Hall–Kier alpha value is -1.85. The van der Waals surface area contributed by atoms with Crippen LogP contribution in [-0.2, 0) is 11.3 Å². The summed E-state index contributed by atoms with van der Waals surface area (Å²) in [5.74, 6) is 0.269. The number of hydrogen-bond donors (Lipinski definition) is 1. The highest BCUT2D eigenvalue weighted by Gasteiger charge is 2.05. The number of rotatable bonds is 6. The Morgan fingerprint density at radius 1 is 1.30 bits per heavy atom. The first-order valence-corrected chi connectivity index (χ1v) is 6.48. The van der Waals surface area contributed by atoms with Gasteiger partial charge < -0.3 is 10.1 Å². The van der Waals surface area contributed by atoms with Crippen LogP contribution in [0.15, 0.2) is 30.5 Å². The zero-order valence-electron chi connectivity index (χ0n) is 11.7. The standard InChI is InChI=1S/C15H18FN3O/c1-11-7-12(9-13(16)8-11)15-18-4-3-14(19-15)10-17-5-6-20-2/h3-4,7-9,17H,5-6,10H2,1-2H3. The van der Waals surface area contributed by atoms with Gasteiger partial charge in [-0.2, -0.15) is 0 Å². The van der Waals surface area contributed by atoms with Gasteiger partial charge in [0.15, 0.2) is 5.82 Å². The maximum absolute atomic E-state index is 13.4. The number of nitrogens with one attached hydrogen (secondary N) is 1. The van der Waals surface area contributed by atoms with Crippen LogP contribution in [0.1, 0.15) is 11.3 Å². The van der Waals surface area contributed by atoms with Crippen molar-refractivity contribution < 1.29 is 9.13 Å². The Kier molecular flexibility index (Phi) is 5.15. The third-order valence-corrected chi connectivity index (χ3v) is 2.80. The molecule has 0 saturated carbocycles. The van der Waals surface area contributed by atoms with Crippen molar-refractivity contribution in [3.8, 4) is 11.4 Å². The Balaban J connectivity index is 2.12. The van der Waals surface area contributed by atoms with E-state index in [1.54, 1.807) is 13.3 Å². The van der Waals surface area contributed by atoms with Gasteiger partial charge in [-0.25, -0.2) is 14.4 Å². The first-order chi connectivity index (χ1) is 9.69. The highest BCUT2D eigenvalue weighted by Crippen LogP contribution is 2.18. The summed E-state index contributed by atoms with van der Waals surface area (Å²) in [5, 5.41) is 3.21. The summed E-state index contributed by atoms with van der Waals surface area (Å²) in [6.45, 7) is 3.89. The first-order valence-electron chi connectivity index (χ1n) is 6.48. The van der Waals surface area contributed by atoms with Gasteiger partial charge in [0.1, 0.15) is 5.82 Å². The molecule has 2 aromatic rings. The smallest absolute Gasteiger partial charge is 0.159 e. The topological polar surface area (TPSA) is 47.0 Å². The number of aromatic nitrogens is 2. The molecule has 0 aliphatic rings. The van der Waals surface area contributed by atoms with Gasteiger partial charge in [-0.3, -0.25) is 0 Å². The molecule has 1 N–H and O–H groups in total. The molecule has 4 nitrogen and oxygen atoms in total. The van der Waals surface area contributed by atoms with Crippen molar-refractivity contribution >= 4 is 0 Å². The van der Waals surface area contributed by atoms with E-state index >= 15 is 0 Å². The molecule has 5 heteroatoms. The molecule has 0 bridgehead atoms. The molecule has 0 radical (unpaired) electrons. The Labute approximate surface area is 118 Å². The number of benzene rings is 1. The predicted octanol–water partition coefficient (Wildman–Crippen LogP) is 2.33. The normalized spacial score (nSPS) is 10.8. The van der Waals surface area contributed by atoms with E-state index in [1.165, 1.54) is 12.1 Å². The molecule has 1 aromatic carbocycles. The second-order valence-electron chi connectivity index (χ2n) is 4.56. The molecule has 106 valence electrons. The van der Waals surface area contributed by atoms with Gasteiger partial charge in [0.25, 0.3) is 0 Å².